The van der Waals surface area contributed by atoms with E-state index in [4.69, 9.17) is 8.94 Å². The summed E-state index contributed by atoms with van der Waals surface area (Å²) in [5.74, 6) is 0.767. The van der Waals surface area contributed by atoms with E-state index < -0.39 is 5.91 Å². The van der Waals surface area contributed by atoms with Gasteiger partial charge in [0.15, 0.2) is 11.5 Å². The Morgan fingerprint density at radius 3 is 2.78 bits per heavy atom. The molecule has 0 atom stereocenters. The van der Waals surface area contributed by atoms with Crippen molar-refractivity contribution in [2.45, 2.75) is 13.8 Å². The lowest BCUT2D eigenvalue weighted by Crippen LogP contribution is -2.21. The van der Waals surface area contributed by atoms with Gasteiger partial charge in [-0.25, -0.2) is 4.98 Å². The first kappa shape index (κ1) is 19.7. The number of H-pyrrole nitrogens is 1. The Bertz CT molecular complexity index is 1460. The number of anilines is 1. The summed E-state index contributed by atoms with van der Waals surface area (Å²) in [6.07, 6.45) is 1.50. The standard InChI is InChI=1S/C21H16N6O4S/c1-11-12(2)22-21(24-19(11)28)27-18(10-13(25-27)17-6-4-8-32-17)23-20(29)14-9-16(31-26-14)15-5-3-7-30-15/h3-10H,1-2H3,(H,23,29)(H,22,24,28). The third-order valence-electron chi connectivity index (χ3n) is 4.81. The molecule has 0 aliphatic rings. The van der Waals surface area contributed by atoms with Gasteiger partial charge in [-0.15, -0.1) is 11.3 Å². The largest absolute Gasteiger partial charge is 0.461 e. The van der Waals surface area contributed by atoms with Crippen LogP contribution in [0.4, 0.5) is 5.82 Å². The quantitative estimate of drug-likeness (QED) is 0.418. The van der Waals surface area contributed by atoms with Gasteiger partial charge < -0.3 is 14.3 Å². The fraction of sp³-hybridized carbons (Fsp3) is 0.0952. The lowest BCUT2D eigenvalue weighted by Gasteiger charge is -2.08. The number of hydrogen-bond acceptors (Lipinski definition) is 8. The summed E-state index contributed by atoms with van der Waals surface area (Å²) in [6, 6.07) is 10.4. The van der Waals surface area contributed by atoms with Crippen LogP contribution in [-0.4, -0.2) is 30.8 Å². The Labute approximate surface area is 184 Å². The van der Waals surface area contributed by atoms with Crippen LogP contribution in [0, 0.1) is 13.8 Å². The molecule has 0 aliphatic heterocycles. The molecule has 0 aliphatic carbocycles. The molecule has 10 nitrogen and oxygen atoms in total. The van der Waals surface area contributed by atoms with Gasteiger partial charge in [-0.3, -0.25) is 14.6 Å². The summed E-state index contributed by atoms with van der Waals surface area (Å²) < 4.78 is 11.9. The minimum absolute atomic E-state index is 0.0587. The van der Waals surface area contributed by atoms with Crippen molar-refractivity contribution >= 4 is 23.1 Å². The summed E-state index contributed by atoms with van der Waals surface area (Å²) in [5, 5.41) is 13.1. The van der Waals surface area contributed by atoms with E-state index in [1.54, 1.807) is 32.0 Å². The second-order valence-electron chi connectivity index (χ2n) is 6.91. The molecule has 5 aromatic rings. The van der Waals surface area contributed by atoms with E-state index in [2.05, 4.69) is 25.5 Å². The van der Waals surface area contributed by atoms with Gasteiger partial charge >= 0.3 is 0 Å². The van der Waals surface area contributed by atoms with E-state index in [1.807, 2.05) is 17.5 Å². The number of rotatable bonds is 5. The second kappa shape index (κ2) is 7.78. The van der Waals surface area contributed by atoms with Crippen LogP contribution in [0.2, 0.25) is 0 Å². The predicted octanol–water partition coefficient (Wildman–Crippen LogP) is 3.80. The molecule has 0 radical (unpaired) electrons. The van der Waals surface area contributed by atoms with E-state index >= 15 is 0 Å². The van der Waals surface area contributed by atoms with Crippen molar-refractivity contribution in [1.29, 1.82) is 0 Å². The molecule has 5 aromatic heterocycles. The van der Waals surface area contributed by atoms with Crippen LogP contribution in [0.3, 0.4) is 0 Å². The third kappa shape index (κ3) is 3.54. The summed E-state index contributed by atoms with van der Waals surface area (Å²) in [4.78, 5) is 33.2. The Kier molecular flexibility index (Phi) is 4.79. The first-order valence-corrected chi connectivity index (χ1v) is 10.4. The molecule has 2 N–H and O–H groups in total. The van der Waals surface area contributed by atoms with Crippen LogP contribution in [0.5, 0.6) is 0 Å². The molecule has 0 unspecified atom stereocenters. The van der Waals surface area contributed by atoms with Gasteiger partial charge in [-0.1, -0.05) is 11.2 Å². The zero-order valence-electron chi connectivity index (χ0n) is 16.9. The van der Waals surface area contributed by atoms with Crippen molar-refractivity contribution in [3.05, 3.63) is 75.3 Å². The van der Waals surface area contributed by atoms with Crippen molar-refractivity contribution in [2.75, 3.05) is 5.32 Å². The molecule has 5 rings (SSSR count). The van der Waals surface area contributed by atoms with Gasteiger partial charge in [0.25, 0.3) is 11.5 Å². The number of amides is 1. The first-order chi connectivity index (χ1) is 15.5. The topological polar surface area (TPSA) is 132 Å². The molecule has 0 aromatic carbocycles. The van der Waals surface area contributed by atoms with Gasteiger partial charge in [0.1, 0.15) is 11.5 Å². The molecular weight excluding hydrogens is 432 g/mol. The smallest absolute Gasteiger partial charge is 0.279 e. The van der Waals surface area contributed by atoms with E-state index in [0.29, 0.717) is 34.3 Å². The van der Waals surface area contributed by atoms with Crippen molar-refractivity contribution in [2.24, 2.45) is 0 Å². The molecule has 0 saturated heterocycles. The van der Waals surface area contributed by atoms with Gasteiger partial charge in [0.05, 0.1) is 11.1 Å². The zero-order chi connectivity index (χ0) is 22.2. The van der Waals surface area contributed by atoms with Gasteiger partial charge in [-0.2, -0.15) is 9.78 Å². The van der Waals surface area contributed by atoms with Crippen LogP contribution in [0.15, 0.2) is 61.8 Å². The molecule has 160 valence electrons. The van der Waals surface area contributed by atoms with Crippen LogP contribution < -0.4 is 10.9 Å². The fourth-order valence-corrected chi connectivity index (χ4v) is 3.69. The SMILES string of the molecule is Cc1nc(-n2nc(-c3cccs3)cc2NC(=O)c2cc(-c3ccco3)on2)[nH]c(=O)c1C. The van der Waals surface area contributed by atoms with Crippen LogP contribution >= 0.6 is 11.3 Å². The predicted molar refractivity (Wildman–Crippen MR) is 117 cm³/mol. The Balaban J connectivity index is 1.53. The number of carbonyl (C=O) groups excluding carboxylic acids is 1. The Hall–Kier alpha value is -4.25. The zero-order valence-corrected chi connectivity index (χ0v) is 17.8. The molecule has 32 heavy (non-hydrogen) atoms. The summed E-state index contributed by atoms with van der Waals surface area (Å²) >= 11 is 1.50. The van der Waals surface area contributed by atoms with Crippen LogP contribution in [-0.2, 0) is 0 Å². The van der Waals surface area contributed by atoms with Crippen molar-refractivity contribution in [3.63, 3.8) is 0 Å². The Morgan fingerprint density at radius 2 is 2.06 bits per heavy atom. The van der Waals surface area contributed by atoms with Gasteiger partial charge in [0, 0.05) is 23.4 Å². The number of aryl methyl sites for hydroxylation is 1. The molecule has 1 amide bonds. The van der Waals surface area contributed by atoms with Gasteiger partial charge in [0.2, 0.25) is 11.7 Å². The Morgan fingerprint density at radius 1 is 1.19 bits per heavy atom. The number of thiophene rings is 1. The van der Waals surface area contributed by atoms with Crippen LogP contribution in [0.25, 0.3) is 28.0 Å². The van der Waals surface area contributed by atoms with Gasteiger partial charge in [-0.05, 0) is 37.4 Å². The van der Waals surface area contributed by atoms with E-state index in [-0.39, 0.29) is 17.2 Å². The highest BCUT2D eigenvalue weighted by Crippen LogP contribution is 2.28. The van der Waals surface area contributed by atoms with Crippen molar-refractivity contribution < 1.29 is 13.7 Å². The maximum absolute atomic E-state index is 12.9. The van der Waals surface area contributed by atoms with E-state index in [1.165, 1.54) is 28.3 Å². The number of furan rings is 1. The summed E-state index contributed by atoms with van der Waals surface area (Å²) in [7, 11) is 0. The number of aromatic amines is 1. The maximum Gasteiger partial charge on any atom is 0.279 e. The number of nitrogens with zero attached hydrogens (tertiary/aromatic N) is 4. The average Bonchev–Trinajstić information content (AvgIpc) is 3.57. The summed E-state index contributed by atoms with van der Waals surface area (Å²) in [5.41, 5.74) is 1.47. The highest BCUT2D eigenvalue weighted by Gasteiger charge is 2.20. The maximum atomic E-state index is 12.9. The molecular formula is C21H16N6O4S. The molecule has 11 heteroatoms. The average molecular weight is 448 g/mol. The lowest BCUT2D eigenvalue weighted by atomic mass is 10.3. The first-order valence-electron chi connectivity index (χ1n) is 9.53. The highest BCUT2D eigenvalue weighted by molar-refractivity contribution is 7.13. The number of aromatic nitrogens is 5. The minimum Gasteiger partial charge on any atom is -0.461 e. The molecule has 5 heterocycles. The van der Waals surface area contributed by atoms with E-state index in [9.17, 15) is 9.59 Å². The normalized spacial score (nSPS) is 11.1. The van der Waals surface area contributed by atoms with Crippen molar-refractivity contribution in [1.82, 2.24) is 24.9 Å². The number of nitrogens with one attached hydrogen (secondary N) is 2. The molecule has 0 spiro atoms. The van der Waals surface area contributed by atoms with Crippen LogP contribution in [0.1, 0.15) is 21.7 Å². The van der Waals surface area contributed by atoms with E-state index in [0.717, 1.165) is 4.88 Å². The summed E-state index contributed by atoms with van der Waals surface area (Å²) in [6.45, 7) is 3.43. The molecule has 0 saturated carbocycles. The highest BCUT2D eigenvalue weighted by atomic mass is 32.1. The monoisotopic (exact) mass is 448 g/mol. The number of hydrogen-bond donors (Lipinski definition) is 2. The lowest BCUT2D eigenvalue weighted by molar-refractivity contribution is 0.101. The second-order valence-corrected chi connectivity index (χ2v) is 7.86. The molecule has 0 bridgehead atoms. The fourth-order valence-electron chi connectivity index (χ4n) is 3.00. The third-order valence-corrected chi connectivity index (χ3v) is 5.71. The minimum atomic E-state index is -0.517. The molecule has 0 fully saturated rings. The van der Waals surface area contributed by atoms with Crippen molar-refractivity contribution in [3.8, 4) is 28.0 Å². The number of carbonyl (C=O) groups is 1.